The zero-order valence-corrected chi connectivity index (χ0v) is 12.4. The van der Waals surface area contributed by atoms with Crippen molar-refractivity contribution >= 4 is 11.6 Å². The molecular weight excluding hydrogens is 284 g/mol. The fourth-order valence-electron chi connectivity index (χ4n) is 2.33. The first-order valence-electron chi connectivity index (χ1n) is 6.68. The number of aromatic nitrogens is 3. The van der Waals surface area contributed by atoms with Crippen LogP contribution in [0.25, 0.3) is 16.9 Å². The molecule has 0 bridgehead atoms. The van der Waals surface area contributed by atoms with E-state index < -0.39 is 0 Å². The lowest BCUT2D eigenvalue weighted by Crippen LogP contribution is -2.04. The summed E-state index contributed by atoms with van der Waals surface area (Å²) in [5.74, 6) is 0. The van der Waals surface area contributed by atoms with Gasteiger partial charge in [-0.3, -0.25) is 0 Å². The molecule has 0 radical (unpaired) electrons. The molecule has 5 heteroatoms. The van der Waals surface area contributed by atoms with Gasteiger partial charge in [-0.15, -0.1) is 5.10 Å². The number of nitrogens with two attached hydrogens (primary N) is 1. The highest BCUT2D eigenvalue weighted by atomic mass is 35.5. The lowest BCUT2D eigenvalue weighted by atomic mass is 10.1. The average Bonchev–Trinajstić information content (AvgIpc) is 2.94. The van der Waals surface area contributed by atoms with Crippen molar-refractivity contribution in [3.8, 4) is 16.9 Å². The zero-order valence-electron chi connectivity index (χ0n) is 11.6. The molecule has 0 amide bonds. The molecule has 106 valence electrons. The van der Waals surface area contributed by atoms with Gasteiger partial charge in [-0.2, -0.15) is 0 Å². The molecule has 3 rings (SSSR count). The Morgan fingerprint density at radius 2 is 1.86 bits per heavy atom. The Kier molecular flexibility index (Phi) is 3.73. The van der Waals surface area contributed by atoms with Crippen LogP contribution < -0.4 is 5.73 Å². The van der Waals surface area contributed by atoms with Gasteiger partial charge in [0.25, 0.3) is 0 Å². The first-order chi connectivity index (χ1) is 10.2. The summed E-state index contributed by atoms with van der Waals surface area (Å²) in [6.07, 6.45) is 0. The molecule has 0 aliphatic heterocycles. The minimum absolute atomic E-state index is 0.337. The van der Waals surface area contributed by atoms with Crippen LogP contribution in [-0.4, -0.2) is 15.0 Å². The number of nitrogens with zero attached hydrogens (tertiary/aromatic N) is 3. The van der Waals surface area contributed by atoms with Gasteiger partial charge in [-0.1, -0.05) is 53.2 Å². The monoisotopic (exact) mass is 298 g/mol. The fourth-order valence-corrected chi connectivity index (χ4v) is 2.50. The van der Waals surface area contributed by atoms with Gasteiger partial charge in [0.2, 0.25) is 0 Å². The van der Waals surface area contributed by atoms with E-state index in [1.54, 1.807) is 4.68 Å². The molecular formula is C16H15ClN4. The highest BCUT2D eigenvalue weighted by molar-refractivity contribution is 6.31. The van der Waals surface area contributed by atoms with Gasteiger partial charge in [0.1, 0.15) is 5.69 Å². The van der Waals surface area contributed by atoms with Crippen molar-refractivity contribution in [3.63, 3.8) is 0 Å². The van der Waals surface area contributed by atoms with Crippen molar-refractivity contribution in [3.05, 3.63) is 64.8 Å². The van der Waals surface area contributed by atoms with Crippen LogP contribution >= 0.6 is 11.6 Å². The second kappa shape index (κ2) is 5.68. The van der Waals surface area contributed by atoms with Crippen LogP contribution in [0.4, 0.5) is 0 Å². The zero-order chi connectivity index (χ0) is 14.8. The summed E-state index contributed by atoms with van der Waals surface area (Å²) in [6.45, 7) is 2.31. The number of benzene rings is 2. The Morgan fingerprint density at radius 3 is 2.57 bits per heavy atom. The minimum atomic E-state index is 0.337. The van der Waals surface area contributed by atoms with Crippen LogP contribution in [0.1, 0.15) is 11.3 Å². The third-order valence-corrected chi connectivity index (χ3v) is 3.86. The van der Waals surface area contributed by atoms with Crippen LogP contribution in [0.3, 0.4) is 0 Å². The standard InChI is InChI=1S/C16H15ClN4/c1-11-13(17)8-5-9-15(11)21-16(14(10-18)19-20-21)12-6-3-2-4-7-12/h2-9H,10,18H2,1H3. The van der Waals surface area contributed by atoms with Crippen LogP contribution in [0.5, 0.6) is 0 Å². The predicted molar refractivity (Wildman–Crippen MR) is 84.4 cm³/mol. The Bertz CT molecular complexity index is 765. The second-order valence-electron chi connectivity index (χ2n) is 4.75. The molecule has 0 saturated carbocycles. The Hall–Kier alpha value is -2.17. The highest BCUT2D eigenvalue weighted by Gasteiger charge is 2.16. The fraction of sp³-hybridized carbons (Fsp3) is 0.125. The summed E-state index contributed by atoms with van der Waals surface area (Å²) in [5.41, 5.74) is 10.4. The first kappa shape index (κ1) is 13.8. The van der Waals surface area contributed by atoms with Crippen LogP contribution in [0.15, 0.2) is 48.5 Å². The highest BCUT2D eigenvalue weighted by Crippen LogP contribution is 2.28. The maximum atomic E-state index is 6.22. The quantitative estimate of drug-likeness (QED) is 0.806. The summed E-state index contributed by atoms with van der Waals surface area (Å²) in [4.78, 5) is 0. The average molecular weight is 299 g/mol. The summed E-state index contributed by atoms with van der Waals surface area (Å²) in [6, 6.07) is 15.7. The van der Waals surface area contributed by atoms with Gasteiger partial charge in [-0.05, 0) is 24.6 Å². The van der Waals surface area contributed by atoms with Gasteiger partial charge in [0, 0.05) is 17.1 Å². The molecule has 2 aromatic carbocycles. The Morgan fingerprint density at radius 1 is 1.10 bits per heavy atom. The summed E-state index contributed by atoms with van der Waals surface area (Å²) in [7, 11) is 0. The maximum Gasteiger partial charge on any atom is 0.105 e. The lowest BCUT2D eigenvalue weighted by molar-refractivity contribution is 0.796. The van der Waals surface area contributed by atoms with E-state index in [9.17, 15) is 0 Å². The van der Waals surface area contributed by atoms with E-state index in [-0.39, 0.29) is 0 Å². The van der Waals surface area contributed by atoms with E-state index >= 15 is 0 Å². The Labute approximate surface area is 128 Å². The van der Waals surface area contributed by atoms with Gasteiger partial charge in [0.15, 0.2) is 0 Å². The lowest BCUT2D eigenvalue weighted by Gasteiger charge is -2.11. The van der Waals surface area contributed by atoms with Crippen molar-refractivity contribution in [1.29, 1.82) is 0 Å². The second-order valence-corrected chi connectivity index (χ2v) is 5.16. The molecule has 1 aromatic heterocycles. The van der Waals surface area contributed by atoms with Gasteiger partial charge in [0.05, 0.1) is 11.4 Å². The molecule has 4 nitrogen and oxygen atoms in total. The Balaban J connectivity index is 2.25. The van der Waals surface area contributed by atoms with Crippen LogP contribution in [0.2, 0.25) is 5.02 Å². The molecule has 0 fully saturated rings. The van der Waals surface area contributed by atoms with Crippen molar-refractivity contribution in [2.75, 3.05) is 0 Å². The number of hydrogen-bond donors (Lipinski definition) is 1. The van der Waals surface area contributed by atoms with Crippen molar-refractivity contribution < 1.29 is 0 Å². The molecule has 21 heavy (non-hydrogen) atoms. The molecule has 2 N–H and O–H groups in total. The van der Waals surface area contributed by atoms with E-state index in [2.05, 4.69) is 10.3 Å². The van der Waals surface area contributed by atoms with Crippen molar-refractivity contribution in [1.82, 2.24) is 15.0 Å². The SMILES string of the molecule is Cc1c(Cl)cccc1-n1nnc(CN)c1-c1ccccc1. The molecule has 3 aromatic rings. The minimum Gasteiger partial charge on any atom is -0.325 e. The van der Waals surface area contributed by atoms with Gasteiger partial charge < -0.3 is 5.73 Å². The van der Waals surface area contributed by atoms with E-state index in [4.69, 9.17) is 17.3 Å². The summed E-state index contributed by atoms with van der Waals surface area (Å²) < 4.78 is 1.80. The molecule has 0 spiro atoms. The van der Waals surface area contributed by atoms with Crippen LogP contribution in [-0.2, 0) is 6.54 Å². The number of halogens is 1. The molecule has 0 aliphatic rings. The molecule has 0 atom stereocenters. The molecule has 0 saturated heterocycles. The third kappa shape index (κ3) is 2.44. The van der Waals surface area contributed by atoms with Crippen LogP contribution in [0, 0.1) is 6.92 Å². The molecule has 0 aliphatic carbocycles. The molecule has 0 unspecified atom stereocenters. The van der Waals surface area contributed by atoms with E-state index in [1.165, 1.54) is 0 Å². The van der Waals surface area contributed by atoms with Crippen molar-refractivity contribution in [2.24, 2.45) is 5.73 Å². The topological polar surface area (TPSA) is 56.7 Å². The van der Waals surface area contributed by atoms with Crippen molar-refractivity contribution in [2.45, 2.75) is 13.5 Å². The van der Waals surface area contributed by atoms with Gasteiger partial charge >= 0.3 is 0 Å². The normalized spacial score (nSPS) is 10.8. The summed E-state index contributed by atoms with van der Waals surface area (Å²) >= 11 is 6.22. The van der Waals surface area contributed by atoms with E-state index in [0.29, 0.717) is 11.6 Å². The first-order valence-corrected chi connectivity index (χ1v) is 7.05. The number of hydrogen-bond acceptors (Lipinski definition) is 3. The van der Waals surface area contributed by atoms with E-state index in [1.807, 2.05) is 55.5 Å². The summed E-state index contributed by atoms with van der Waals surface area (Å²) in [5, 5.41) is 9.17. The third-order valence-electron chi connectivity index (χ3n) is 3.45. The number of rotatable bonds is 3. The predicted octanol–water partition coefficient (Wildman–Crippen LogP) is 3.35. The largest absolute Gasteiger partial charge is 0.325 e. The molecule has 1 heterocycles. The van der Waals surface area contributed by atoms with Gasteiger partial charge in [-0.25, -0.2) is 4.68 Å². The maximum absolute atomic E-state index is 6.22. The smallest absolute Gasteiger partial charge is 0.105 e. The van der Waals surface area contributed by atoms with E-state index in [0.717, 1.165) is 28.2 Å².